The molecule has 32 heavy (non-hydrogen) atoms. The van der Waals surface area contributed by atoms with Crippen molar-refractivity contribution < 1.29 is 4.79 Å². The van der Waals surface area contributed by atoms with Gasteiger partial charge in [0, 0.05) is 15.6 Å². The van der Waals surface area contributed by atoms with Gasteiger partial charge in [0.25, 0.3) is 5.91 Å². The van der Waals surface area contributed by atoms with Crippen LogP contribution in [0.1, 0.15) is 15.9 Å². The van der Waals surface area contributed by atoms with Gasteiger partial charge in [-0.1, -0.05) is 64.6 Å². The molecule has 1 amide bonds. The Bertz CT molecular complexity index is 1320. The molecule has 0 atom stereocenters. The van der Waals surface area contributed by atoms with Crippen LogP contribution in [0, 0.1) is 0 Å². The standard InChI is InChI=1S/C23H14Cl4N4O/c24-14-6-8-18(20(26)10-14)22(30-23(32)19-9-7-15(25)11-21(19)27)29-16-12-28-31(13-16)17-4-2-1-3-5-17/h1-13H,(H,29,30,32). The first-order chi connectivity index (χ1) is 15.4. The highest BCUT2D eigenvalue weighted by molar-refractivity contribution is 6.38. The van der Waals surface area contributed by atoms with Crippen LogP contribution < -0.4 is 5.32 Å². The first-order valence-corrected chi connectivity index (χ1v) is 10.8. The van der Waals surface area contributed by atoms with Crippen molar-refractivity contribution in [2.75, 3.05) is 0 Å². The molecule has 0 aliphatic rings. The van der Waals surface area contributed by atoms with Crippen molar-refractivity contribution in [1.29, 1.82) is 0 Å². The highest BCUT2D eigenvalue weighted by Crippen LogP contribution is 2.25. The smallest absolute Gasteiger partial charge is 0.258 e. The van der Waals surface area contributed by atoms with E-state index in [-0.39, 0.29) is 16.4 Å². The van der Waals surface area contributed by atoms with Gasteiger partial charge in [0.2, 0.25) is 0 Å². The second-order valence-electron chi connectivity index (χ2n) is 6.64. The largest absolute Gasteiger partial charge is 0.306 e. The molecule has 3 aromatic carbocycles. The van der Waals surface area contributed by atoms with Crippen LogP contribution in [-0.4, -0.2) is 21.5 Å². The first kappa shape index (κ1) is 22.4. The summed E-state index contributed by atoms with van der Waals surface area (Å²) in [7, 11) is 0. The van der Waals surface area contributed by atoms with E-state index >= 15 is 0 Å². The summed E-state index contributed by atoms with van der Waals surface area (Å²) in [4.78, 5) is 17.5. The van der Waals surface area contributed by atoms with Gasteiger partial charge in [-0.05, 0) is 48.5 Å². The summed E-state index contributed by atoms with van der Waals surface area (Å²) in [6, 6.07) is 19.1. The topological polar surface area (TPSA) is 59.3 Å². The van der Waals surface area contributed by atoms with Crippen molar-refractivity contribution in [2.24, 2.45) is 4.99 Å². The van der Waals surface area contributed by atoms with Crippen LogP contribution in [0.25, 0.3) is 5.69 Å². The summed E-state index contributed by atoms with van der Waals surface area (Å²) in [5.74, 6) is -0.248. The molecule has 0 spiro atoms. The van der Waals surface area contributed by atoms with Gasteiger partial charge in [-0.25, -0.2) is 9.67 Å². The molecule has 0 saturated heterocycles. The summed E-state index contributed by atoms with van der Waals surface area (Å²) in [6.45, 7) is 0. The minimum Gasteiger partial charge on any atom is -0.306 e. The number of hydrogen-bond donors (Lipinski definition) is 1. The van der Waals surface area contributed by atoms with E-state index in [4.69, 9.17) is 46.4 Å². The van der Waals surface area contributed by atoms with E-state index in [0.717, 1.165) is 5.69 Å². The highest BCUT2D eigenvalue weighted by Gasteiger charge is 2.17. The average molecular weight is 504 g/mol. The minimum atomic E-state index is -0.466. The third-order valence-electron chi connectivity index (χ3n) is 4.42. The molecule has 1 aromatic heterocycles. The van der Waals surface area contributed by atoms with Gasteiger partial charge in [-0.15, -0.1) is 0 Å². The number of carbonyl (C=O) groups is 1. The van der Waals surface area contributed by atoms with Crippen LogP contribution in [0.4, 0.5) is 5.69 Å². The zero-order chi connectivity index (χ0) is 22.7. The molecule has 0 fully saturated rings. The quantitative estimate of drug-likeness (QED) is 0.241. The van der Waals surface area contributed by atoms with Gasteiger partial charge in [-0.3, -0.25) is 4.79 Å². The van der Waals surface area contributed by atoms with Crippen molar-refractivity contribution in [2.45, 2.75) is 0 Å². The molecular weight excluding hydrogens is 490 g/mol. The lowest BCUT2D eigenvalue weighted by molar-refractivity contribution is 0.0977. The maximum absolute atomic E-state index is 12.9. The fourth-order valence-corrected chi connectivity index (χ4v) is 3.90. The van der Waals surface area contributed by atoms with Crippen LogP contribution in [0.3, 0.4) is 0 Å². The number of aromatic nitrogens is 2. The highest BCUT2D eigenvalue weighted by atomic mass is 35.5. The number of rotatable bonds is 4. The summed E-state index contributed by atoms with van der Waals surface area (Å²) < 4.78 is 1.68. The Kier molecular flexibility index (Phi) is 6.82. The van der Waals surface area contributed by atoms with Gasteiger partial charge < -0.3 is 5.32 Å². The number of amidine groups is 1. The Morgan fingerprint density at radius 1 is 0.844 bits per heavy atom. The number of aliphatic imine (C=N–C) groups is 1. The number of halogens is 4. The Balaban J connectivity index is 1.73. The summed E-state index contributed by atoms with van der Waals surface area (Å²) in [5.41, 5.74) is 2.12. The fourth-order valence-electron chi connectivity index (χ4n) is 2.91. The molecule has 0 aliphatic carbocycles. The van der Waals surface area contributed by atoms with E-state index in [1.54, 1.807) is 41.3 Å². The normalized spacial score (nSPS) is 11.4. The number of nitrogens with zero attached hydrogens (tertiary/aromatic N) is 3. The third-order valence-corrected chi connectivity index (χ3v) is 5.52. The Morgan fingerprint density at radius 3 is 2.09 bits per heavy atom. The zero-order valence-electron chi connectivity index (χ0n) is 16.3. The fraction of sp³-hybridized carbons (Fsp3) is 0. The molecule has 4 aromatic rings. The summed E-state index contributed by atoms with van der Waals surface area (Å²) in [5, 5.41) is 8.55. The molecule has 0 saturated carbocycles. The van der Waals surface area contributed by atoms with E-state index in [1.165, 1.54) is 12.1 Å². The van der Waals surface area contributed by atoms with Gasteiger partial charge >= 0.3 is 0 Å². The van der Waals surface area contributed by atoms with E-state index in [1.807, 2.05) is 30.3 Å². The molecule has 0 unspecified atom stereocenters. The SMILES string of the molecule is O=C(NC(=Nc1cnn(-c2ccccc2)c1)c1ccc(Cl)cc1Cl)c1ccc(Cl)cc1Cl. The lowest BCUT2D eigenvalue weighted by atomic mass is 10.1. The van der Waals surface area contributed by atoms with Crippen LogP contribution in [-0.2, 0) is 0 Å². The van der Waals surface area contributed by atoms with Crippen LogP contribution in [0.5, 0.6) is 0 Å². The van der Waals surface area contributed by atoms with Gasteiger partial charge in [-0.2, -0.15) is 5.10 Å². The molecule has 0 bridgehead atoms. The molecule has 4 rings (SSSR count). The van der Waals surface area contributed by atoms with Crippen molar-refractivity contribution in [3.63, 3.8) is 0 Å². The second kappa shape index (κ2) is 9.76. The number of carbonyl (C=O) groups excluding carboxylic acids is 1. The average Bonchev–Trinajstić information content (AvgIpc) is 3.22. The Hall–Kier alpha value is -2.83. The van der Waals surface area contributed by atoms with E-state index in [2.05, 4.69) is 15.4 Å². The maximum atomic E-state index is 12.9. The summed E-state index contributed by atoms with van der Waals surface area (Å²) >= 11 is 24.6. The predicted molar refractivity (Wildman–Crippen MR) is 130 cm³/mol. The van der Waals surface area contributed by atoms with Gasteiger partial charge in [0.1, 0.15) is 11.5 Å². The number of nitrogens with one attached hydrogen (secondary N) is 1. The molecule has 9 heteroatoms. The number of amides is 1. The molecular formula is C23H14Cl4N4O. The van der Waals surface area contributed by atoms with Gasteiger partial charge in [0.05, 0.1) is 33.7 Å². The van der Waals surface area contributed by atoms with E-state index < -0.39 is 5.91 Å². The number of para-hydroxylation sites is 1. The zero-order valence-corrected chi connectivity index (χ0v) is 19.3. The molecule has 0 radical (unpaired) electrons. The Labute approximate surface area is 204 Å². The predicted octanol–water partition coefficient (Wildman–Crippen LogP) is 6.99. The van der Waals surface area contributed by atoms with E-state index in [0.29, 0.717) is 26.3 Å². The third kappa shape index (κ3) is 5.14. The minimum absolute atomic E-state index is 0.216. The Morgan fingerprint density at radius 2 is 1.47 bits per heavy atom. The number of benzene rings is 3. The maximum Gasteiger partial charge on any atom is 0.258 e. The second-order valence-corrected chi connectivity index (χ2v) is 8.33. The van der Waals surface area contributed by atoms with Crippen LogP contribution in [0.15, 0.2) is 84.1 Å². The molecule has 160 valence electrons. The van der Waals surface area contributed by atoms with E-state index in [9.17, 15) is 4.79 Å². The first-order valence-electron chi connectivity index (χ1n) is 9.31. The molecule has 5 nitrogen and oxygen atoms in total. The van der Waals surface area contributed by atoms with Crippen LogP contribution in [0.2, 0.25) is 20.1 Å². The lowest BCUT2D eigenvalue weighted by Gasteiger charge is -2.12. The van der Waals surface area contributed by atoms with Crippen molar-refractivity contribution in [3.05, 3.63) is 110 Å². The summed E-state index contributed by atoms with van der Waals surface area (Å²) in [6.07, 6.45) is 3.32. The monoisotopic (exact) mass is 502 g/mol. The number of hydrogen-bond acceptors (Lipinski definition) is 3. The van der Waals surface area contributed by atoms with Crippen molar-refractivity contribution in [3.8, 4) is 5.69 Å². The molecule has 1 heterocycles. The lowest BCUT2D eigenvalue weighted by Crippen LogP contribution is -2.31. The van der Waals surface area contributed by atoms with Crippen molar-refractivity contribution in [1.82, 2.24) is 15.1 Å². The van der Waals surface area contributed by atoms with Crippen molar-refractivity contribution >= 4 is 63.8 Å². The molecule has 0 aliphatic heterocycles. The van der Waals surface area contributed by atoms with Gasteiger partial charge in [0.15, 0.2) is 0 Å². The van der Waals surface area contributed by atoms with Crippen LogP contribution >= 0.6 is 46.4 Å². The molecule has 1 N–H and O–H groups in total.